The molecule has 0 radical (unpaired) electrons. The Balaban J connectivity index is 2.01. The number of hydrogen-bond donors (Lipinski definition) is 2. The fourth-order valence-corrected chi connectivity index (χ4v) is 1.82. The van der Waals surface area contributed by atoms with Crippen LogP contribution in [-0.4, -0.2) is 12.2 Å². The van der Waals surface area contributed by atoms with Crippen molar-refractivity contribution < 1.29 is 4.74 Å². The Bertz CT molecular complexity index is 661. The predicted octanol–water partition coefficient (Wildman–Crippen LogP) is 2.18. The van der Waals surface area contributed by atoms with E-state index in [1.807, 2.05) is 36.4 Å². The number of benzene rings is 2. The monoisotopic (exact) mass is 282 g/mol. The van der Waals surface area contributed by atoms with Gasteiger partial charge in [0.1, 0.15) is 12.4 Å². The van der Waals surface area contributed by atoms with Crippen molar-refractivity contribution in [2.24, 2.45) is 21.7 Å². The lowest BCUT2D eigenvalue weighted by atomic mass is 10.1. The molecule has 0 bridgehead atoms. The summed E-state index contributed by atoms with van der Waals surface area (Å²) in [5.41, 5.74) is 13.6. The molecule has 5 heteroatoms. The predicted molar refractivity (Wildman–Crippen MR) is 85.4 cm³/mol. The smallest absolute Gasteiger partial charge is 0.211 e. The minimum atomic E-state index is -0.0712. The summed E-state index contributed by atoms with van der Waals surface area (Å²) in [5.74, 6) is 0.697. The quantitative estimate of drug-likeness (QED) is 0.500. The van der Waals surface area contributed by atoms with Crippen molar-refractivity contribution >= 4 is 12.2 Å². The Kier molecular flexibility index (Phi) is 4.93. The molecule has 5 nitrogen and oxygen atoms in total. The van der Waals surface area contributed by atoms with Crippen molar-refractivity contribution in [3.8, 4) is 5.75 Å². The highest BCUT2D eigenvalue weighted by Gasteiger charge is 1.97. The van der Waals surface area contributed by atoms with Gasteiger partial charge in [-0.1, -0.05) is 42.0 Å². The first-order valence-electron chi connectivity index (χ1n) is 6.54. The van der Waals surface area contributed by atoms with E-state index in [4.69, 9.17) is 16.2 Å². The van der Waals surface area contributed by atoms with Crippen molar-refractivity contribution in [3.63, 3.8) is 0 Å². The fraction of sp³-hybridized carbons (Fsp3) is 0.125. The van der Waals surface area contributed by atoms with Crippen molar-refractivity contribution in [2.45, 2.75) is 13.5 Å². The second-order valence-electron chi connectivity index (χ2n) is 4.62. The second kappa shape index (κ2) is 7.09. The molecule has 21 heavy (non-hydrogen) atoms. The maximum Gasteiger partial charge on any atom is 0.211 e. The Hall–Kier alpha value is -2.82. The molecule has 2 rings (SSSR count). The van der Waals surface area contributed by atoms with E-state index in [2.05, 4.69) is 29.3 Å². The lowest BCUT2D eigenvalue weighted by Gasteiger charge is -2.07. The molecule has 0 aliphatic rings. The number of nitrogens with two attached hydrogens (primary N) is 2. The van der Waals surface area contributed by atoms with Crippen LogP contribution in [0.25, 0.3) is 0 Å². The molecule has 0 amide bonds. The van der Waals surface area contributed by atoms with Crippen LogP contribution in [0.5, 0.6) is 5.75 Å². The van der Waals surface area contributed by atoms with E-state index in [0.717, 1.165) is 16.9 Å². The van der Waals surface area contributed by atoms with E-state index in [-0.39, 0.29) is 5.96 Å². The Labute approximate surface area is 124 Å². The van der Waals surface area contributed by atoms with E-state index in [9.17, 15) is 0 Å². The molecule has 0 spiro atoms. The van der Waals surface area contributed by atoms with Crippen LogP contribution < -0.4 is 16.2 Å². The molecule has 0 atom stereocenters. The highest BCUT2D eigenvalue weighted by atomic mass is 16.5. The third kappa shape index (κ3) is 4.99. The van der Waals surface area contributed by atoms with Gasteiger partial charge in [-0.15, -0.1) is 5.10 Å². The molecule has 0 aliphatic heterocycles. The summed E-state index contributed by atoms with van der Waals surface area (Å²) in [7, 11) is 0. The third-order valence-electron chi connectivity index (χ3n) is 2.73. The van der Waals surface area contributed by atoms with Gasteiger partial charge in [0.2, 0.25) is 5.96 Å². The molecular weight excluding hydrogens is 264 g/mol. The molecule has 2 aromatic rings. The standard InChI is InChI=1S/C16H18N4O/c1-12-4-2-6-14(8-12)11-21-15-7-3-5-13(9-15)10-19-20-16(17)18/h2-10H,11H2,1H3,(H4,17,18,20). The van der Waals surface area contributed by atoms with Gasteiger partial charge in [0.25, 0.3) is 0 Å². The average molecular weight is 282 g/mol. The van der Waals surface area contributed by atoms with Gasteiger partial charge < -0.3 is 16.2 Å². The van der Waals surface area contributed by atoms with Crippen molar-refractivity contribution in [1.29, 1.82) is 0 Å². The first kappa shape index (κ1) is 14.6. The summed E-state index contributed by atoms with van der Waals surface area (Å²) in [6.07, 6.45) is 1.57. The summed E-state index contributed by atoms with van der Waals surface area (Å²) < 4.78 is 5.77. The SMILES string of the molecule is Cc1cccc(COc2cccc(C=NN=C(N)N)c2)c1. The topological polar surface area (TPSA) is 86.0 Å². The van der Waals surface area contributed by atoms with Crippen LogP contribution in [0, 0.1) is 6.92 Å². The number of rotatable bonds is 5. The summed E-state index contributed by atoms with van der Waals surface area (Å²) in [6, 6.07) is 15.8. The van der Waals surface area contributed by atoms with E-state index < -0.39 is 0 Å². The van der Waals surface area contributed by atoms with Gasteiger partial charge in [0.05, 0.1) is 6.21 Å². The summed E-state index contributed by atoms with van der Waals surface area (Å²) in [5, 5.41) is 7.32. The van der Waals surface area contributed by atoms with Crippen molar-refractivity contribution in [2.75, 3.05) is 0 Å². The molecule has 108 valence electrons. The van der Waals surface area contributed by atoms with E-state index in [1.54, 1.807) is 6.21 Å². The molecule has 0 aliphatic carbocycles. The Morgan fingerprint density at radius 3 is 2.71 bits per heavy atom. The van der Waals surface area contributed by atoms with Gasteiger partial charge in [-0.25, -0.2) is 0 Å². The molecule has 2 aromatic carbocycles. The van der Waals surface area contributed by atoms with E-state index in [0.29, 0.717) is 6.61 Å². The zero-order chi connectivity index (χ0) is 15.1. The summed E-state index contributed by atoms with van der Waals surface area (Å²) in [4.78, 5) is 0. The Morgan fingerprint density at radius 2 is 1.95 bits per heavy atom. The molecule has 0 heterocycles. The molecule has 0 fully saturated rings. The molecule has 4 N–H and O–H groups in total. The van der Waals surface area contributed by atoms with Crippen LogP contribution in [0.2, 0.25) is 0 Å². The van der Waals surface area contributed by atoms with Gasteiger partial charge in [-0.3, -0.25) is 0 Å². The van der Waals surface area contributed by atoms with E-state index >= 15 is 0 Å². The van der Waals surface area contributed by atoms with Gasteiger partial charge in [0.15, 0.2) is 0 Å². The number of hydrogen-bond acceptors (Lipinski definition) is 3. The minimum absolute atomic E-state index is 0.0712. The van der Waals surface area contributed by atoms with Gasteiger partial charge in [-0.05, 0) is 30.2 Å². The van der Waals surface area contributed by atoms with Crippen molar-refractivity contribution in [1.82, 2.24) is 0 Å². The average Bonchev–Trinajstić information content (AvgIpc) is 2.45. The lowest BCUT2D eigenvalue weighted by Crippen LogP contribution is -2.21. The van der Waals surface area contributed by atoms with Crippen LogP contribution in [0.4, 0.5) is 0 Å². The lowest BCUT2D eigenvalue weighted by molar-refractivity contribution is 0.306. The normalized spacial score (nSPS) is 10.5. The molecule has 0 aromatic heterocycles. The zero-order valence-corrected chi connectivity index (χ0v) is 11.9. The third-order valence-corrected chi connectivity index (χ3v) is 2.73. The number of aryl methyl sites for hydroxylation is 1. The maximum absolute atomic E-state index is 5.77. The summed E-state index contributed by atoms with van der Waals surface area (Å²) >= 11 is 0. The largest absolute Gasteiger partial charge is 0.489 e. The van der Waals surface area contributed by atoms with Crippen molar-refractivity contribution in [3.05, 3.63) is 65.2 Å². The highest BCUT2D eigenvalue weighted by Crippen LogP contribution is 2.14. The number of ether oxygens (including phenoxy) is 1. The maximum atomic E-state index is 5.77. The number of guanidine groups is 1. The molecule has 0 saturated heterocycles. The molecular formula is C16H18N4O. The Morgan fingerprint density at radius 1 is 1.14 bits per heavy atom. The molecule has 0 unspecified atom stereocenters. The van der Waals surface area contributed by atoms with E-state index in [1.165, 1.54) is 5.56 Å². The van der Waals surface area contributed by atoms with Crippen LogP contribution in [-0.2, 0) is 6.61 Å². The van der Waals surface area contributed by atoms with Crippen LogP contribution in [0.1, 0.15) is 16.7 Å². The highest BCUT2D eigenvalue weighted by molar-refractivity contribution is 5.81. The van der Waals surface area contributed by atoms with Gasteiger partial charge >= 0.3 is 0 Å². The van der Waals surface area contributed by atoms with Crippen LogP contribution >= 0.6 is 0 Å². The van der Waals surface area contributed by atoms with Crippen LogP contribution in [0.15, 0.2) is 58.7 Å². The van der Waals surface area contributed by atoms with Gasteiger partial charge in [-0.2, -0.15) is 5.10 Å². The minimum Gasteiger partial charge on any atom is -0.489 e. The first-order valence-corrected chi connectivity index (χ1v) is 6.54. The van der Waals surface area contributed by atoms with Gasteiger partial charge in [0, 0.05) is 0 Å². The first-order chi connectivity index (χ1) is 10.1. The second-order valence-corrected chi connectivity index (χ2v) is 4.62. The molecule has 0 saturated carbocycles. The fourth-order valence-electron chi connectivity index (χ4n) is 1.82. The van der Waals surface area contributed by atoms with Crippen LogP contribution in [0.3, 0.4) is 0 Å². The summed E-state index contributed by atoms with van der Waals surface area (Å²) in [6.45, 7) is 2.58. The number of nitrogens with zero attached hydrogens (tertiary/aromatic N) is 2. The zero-order valence-electron chi connectivity index (χ0n) is 11.9.